The third kappa shape index (κ3) is 5.09. The Hall–Kier alpha value is -3.72. The third-order valence-corrected chi connectivity index (χ3v) is 6.97. The van der Waals surface area contributed by atoms with E-state index < -0.39 is 10.0 Å². The molecule has 2 heterocycles. The van der Waals surface area contributed by atoms with Crippen LogP contribution in [-0.2, 0) is 23.0 Å². The van der Waals surface area contributed by atoms with Crippen molar-refractivity contribution >= 4 is 32.7 Å². The summed E-state index contributed by atoms with van der Waals surface area (Å²) < 4.78 is 30.3. The molecule has 0 unspecified atom stereocenters. The van der Waals surface area contributed by atoms with E-state index in [4.69, 9.17) is 0 Å². The minimum absolute atomic E-state index is 0.146. The molecule has 0 atom stereocenters. The lowest BCUT2D eigenvalue weighted by Crippen LogP contribution is -2.26. The third-order valence-electron chi connectivity index (χ3n) is 5.58. The molecular formula is C25H27N5O3S. The molecule has 0 aliphatic rings. The molecule has 2 aromatic carbocycles. The Kier molecular flexibility index (Phi) is 6.93. The first kappa shape index (κ1) is 23.4. The molecule has 1 amide bonds. The summed E-state index contributed by atoms with van der Waals surface area (Å²) in [6.45, 7) is 4.98. The topological polar surface area (TPSA) is 106 Å². The molecule has 0 aliphatic heterocycles. The number of rotatable bonds is 9. The van der Waals surface area contributed by atoms with Gasteiger partial charge >= 0.3 is 0 Å². The number of benzene rings is 2. The van der Waals surface area contributed by atoms with E-state index in [2.05, 4.69) is 20.0 Å². The Morgan fingerprint density at radius 2 is 1.79 bits per heavy atom. The minimum atomic E-state index is -3.81. The summed E-state index contributed by atoms with van der Waals surface area (Å²) in [6.07, 6.45) is 5.09. The van der Waals surface area contributed by atoms with Gasteiger partial charge in [-0.1, -0.05) is 18.2 Å². The lowest BCUT2D eigenvalue weighted by atomic mass is 10.1. The van der Waals surface area contributed by atoms with E-state index in [-0.39, 0.29) is 10.8 Å². The number of amides is 1. The molecule has 0 spiro atoms. The van der Waals surface area contributed by atoms with Gasteiger partial charge in [-0.15, -0.1) is 0 Å². The van der Waals surface area contributed by atoms with E-state index in [0.717, 1.165) is 24.2 Å². The predicted octanol–water partition coefficient (Wildman–Crippen LogP) is 3.92. The minimum Gasteiger partial charge on any atom is -0.352 e. The van der Waals surface area contributed by atoms with Crippen LogP contribution in [0.25, 0.3) is 11.0 Å². The maximum Gasteiger partial charge on any atom is 0.261 e. The molecule has 0 bridgehead atoms. The lowest BCUT2D eigenvalue weighted by molar-refractivity contribution is 0.0954. The first-order chi connectivity index (χ1) is 16.4. The number of pyridine rings is 1. The fraction of sp³-hybridized carbons (Fsp3) is 0.240. The molecule has 176 valence electrons. The summed E-state index contributed by atoms with van der Waals surface area (Å²) in [5.41, 5.74) is 3.08. The van der Waals surface area contributed by atoms with Gasteiger partial charge in [-0.05, 0) is 68.7 Å². The van der Waals surface area contributed by atoms with Crippen LogP contribution in [0.2, 0.25) is 0 Å². The van der Waals surface area contributed by atoms with Crippen molar-refractivity contribution in [2.24, 2.45) is 0 Å². The van der Waals surface area contributed by atoms with Gasteiger partial charge in [-0.3, -0.25) is 14.5 Å². The molecule has 2 N–H and O–H groups in total. The zero-order valence-corrected chi connectivity index (χ0v) is 20.0. The number of aromatic nitrogens is 3. The average Bonchev–Trinajstić information content (AvgIpc) is 3.16. The van der Waals surface area contributed by atoms with Crippen molar-refractivity contribution < 1.29 is 13.2 Å². The Morgan fingerprint density at radius 3 is 2.50 bits per heavy atom. The molecular weight excluding hydrogens is 450 g/mol. The number of fused-ring (bicyclic) bond motifs is 1. The number of aryl methyl sites for hydroxylation is 3. The standard InChI is InChI=1S/C25H27N5O3S/c1-3-30-18(2)28-23-17-20(29-34(32,33)21-9-5-4-6-10-21)16-22(24(23)30)25(31)27-13-7-8-19-11-14-26-15-12-19/h4-6,9-12,14-17,29H,3,7-8,13H2,1-2H3,(H,27,31). The number of carbonyl (C=O) groups excluding carboxylic acids is 1. The van der Waals surface area contributed by atoms with Gasteiger partial charge in [0, 0.05) is 25.5 Å². The normalized spacial score (nSPS) is 11.5. The molecule has 0 radical (unpaired) electrons. The van der Waals surface area contributed by atoms with Gasteiger partial charge in [0.05, 0.1) is 27.2 Å². The molecule has 4 aromatic rings. The summed E-state index contributed by atoms with van der Waals surface area (Å²) in [5.74, 6) is 0.488. The van der Waals surface area contributed by atoms with Crippen LogP contribution < -0.4 is 10.0 Å². The van der Waals surface area contributed by atoms with Crippen LogP contribution in [0.5, 0.6) is 0 Å². The summed E-state index contributed by atoms with van der Waals surface area (Å²) in [4.78, 5) is 21.9. The number of nitrogens with zero attached hydrogens (tertiary/aromatic N) is 3. The summed E-state index contributed by atoms with van der Waals surface area (Å²) in [6, 6.07) is 15.3. The lowest BCUT2D eigenvalue weighted by Gasteiger charge is -2.13. The summed E-state index contributed by atoms with van der Waals surface area (Å²) >= 11 is 0. The van der Waals surface area contributed by atoms with Gasteiger partial charge in [0.2, 0.25) is 0 Å². The smallest absolute Gasteiger partial charge is 0.261 e. The Labute approximate surface area is 199 Å². The maximum atomic E-state index is 13.2. The predicted molar refractivity (Wildman–Crippen MR) is 132 cm³/mol. The number of hydrogen-bond donors (Lipinski definition) is 2. The second-order valence-electron chi connectivity index (χ2n) is 7.93. The number of nitrogens with one attached hydrogen (secondary N) is 2. The molecule has 34 heavy (non-hydrogen) atoms. The van der Waals surface area contributed by atoms with Crippen molar-refractivity contribution in [1.29, 1.82) is 0 Å². The molecule has 8 nitrogen and oxygen atoms in total. The van der Waals surface area contributed by atoms with E-state index in [9.17, 15) is 13.2 Å². The number of sulfonamides is 1. The largest absolute Gasteiger partial charge is 0.352 e. The molecule has 0 fully saturated rings. The van der Waals surface area contributed by atoms with Crippen molar-refractivity contribution in [1.82, 2.24) is 19.9 Å². The molecule has 0 saturated heterocycles. The Morgan fingerprint density at radius 1 is 1.06 bits per heavy atom. The SMILES string of the molecule is CCn1c(C)nc2cc(NS(=O)(=O)c3ccccc3)cc(C(=O)NCCCc3ccncc3)c21. The van der Waals surface area contributed by atoms with Gasteiger partial charge in [-0.25, -0.2) is 13.4 Å². The molecule has 0 aliphatic carbocycles. The molecule has 0 saturated carbocycles. The van der Waals surface area contributed by atoms with Gasteiger partial charge in [-0.2, -0.15) is 0 Å². The van der Waals surface area contributed by atoms with E-state index in [1.54, 1.807) is 42.7 Å². The number of carbonyl (C=O) groups is 1. The highest BCUT2D eigenvalue weighted by molar-refractivity contribution is 7.92. The van der Waals surface area contributed by atoms with E-state index in [1.807, 2.05) is 30.5 Å². The fourth-order valence-corrected chi connectivity index (χ4v) is 5.02. The fourth-order valence-electron chi connectivity index (χ4n) is 3.96. The van der Waals surface area contributed by atoms with E-state index >= 15 is 0 Å². The van der Waals surface area contributed by atoms with Crippen LogP contribution in [0.3, 0.4) is 0 Å². The Bertz CT molecular complexity index is 1400. The quantitative estimate of drug-likeness (QED) is 0.356. The first-order valence-corrected chi connectivity index (χ1v) is 12.6. The molecule has 4 rings (SSSR count). The number of hydrogen-bond acceptors (Lipinski definition) is 5. The summed E-state index contributed by atoms with van der Waals surface area (Å²) in [5, 5.41) is 2.97. The molecule has 9 heteroatoms. The van der Waals surface area contributed by atoms with Gasteiger partial charge in [0.1, 0.15) is 5.82 Å². The maximum absolute atomic E-state index is 13.2. The van der Waals surface area contributed by atoms with Crippen LogP contribution in [-0.4, -0.2) is 35.4 Å². The summed E-state index contributed by atoms with van der Waals surface area (Å²) in [7, 11) is -3.81. The van der Waals surface area contributed by atoms with Crippen LogP contribution in [0.15, 0.2) is 71.9 Å². The van der Waals surface area contributed by atoms with Crippen molar-refractivity contribution in [2.45, 2.75) is 38.1 Å². The van der Waals surface area contributed by atoms with Crippen molar-refractivity contribution in [3.05, 3.63) is 83.9 Å². The second-order valence-corrected chi connectivity index (χ2v) is 9.61. The highest BCUT2D eigenvalue weighted by Gasteiger charge is 2.20. The number of anilines is 1. The zero-order valence-electron chi connectivity index (χ0n) is 19.2. The monoisotopic (exact) mass is 477 g/mol. The van der Waals surface area contributed by atoms with Gasteiger partial charge in [0.15, 0.2) is 0 Å². The van der Waals surface area contributed by atoms with Gasteiger partial charge in [0.25, 0.3) is 15.9 Å². The second kappa shape index (κ2) is 10.0. The van der Waals surface area contributed by atoms with Crippen molar-refractivity contribution in [3.8, 4) is 0 Å². The molecule has 2 aromatic heterocycles. The highest BCUT2D eigenvalue weighted by atomic mass is 32.2. The van der Waals surface area contributed by atoms with Gasteiger partial charge < -0.3 is 9.88 Å². The average molecular weight is 478 g/mol. The zero-order chi connectivity index (χ0) is 24.1. The first-order valence-electron chi connectivity index (χ1n) is 11.1. The van der Waals surface area contributed by atoms with E-state index in [1.165, 1.54) is 12.1 Å². The van der Waals surface area contributed by atoms with Crippen LogP contribution in [0.1, 0.15) is 35.1 Å². The van der Waals surface area contributed by atoms with Crippen LogP contribution in [0.4, 0.5) is 5.69 Å². The van der Waals surface area contributed by atoms with Crippen molar-refractivity contribution in [2.75, 3.05) is 11.3 Å². The highest BCUT2D eigenvalue weighted by Crippen LogP contribution is 2.27. The van der Waals surface area contributed by atoms with E-state index in [0.29, 0.717) is 35.4 Å². The van der Waals surface area contributed by atoms with Crippen LogP contribution >= 0.6 is 0 Å². The van der Waals surface area contributed by atoms with Crippen molar-refractivity contribution in [3.63, 3.8) is 0 Å². The van der Waals surface area contributed by atoms with Crippen LogP contribution in [0, 0.1) is 6.92 Å². The number of imidazole rings is 1. The Balaban J connectivity index is 1.60.